The van der Waals surface area contributed by atoms with Gasteiger partial charge in [0.15, 0.2) is 10.3 Å². The Morgan fingerprint density at radius 3 is 3.00 bits per heavy atom. The number of rotatable bonds is 3. The lowest BCUT2D eigenvalue weighted by molar-refractivity contribution is -0.118. The highest BCUT2D eigenvalue weighted by molar-refractivity contribution is 7.16. The molecular weight excluding hydrogens is 224 g/mol. The van der Waals surface area contributed by atoms with E-state index in [9.17, 15) is 4.79 Å². The van der Waals surface area contributed by atoms with E-state index in [-0.39, 0.29) is 17.6 Å². The van der Waals surface area contributed by atoms with Crippen molar-refractivity contribution in [1.29, 1.82) is 5.26 Å². The minimum atomic E-state index is -0.158. The number of hydrogen-bond donors (Lipinski definition) is 2. The fourth-order valence-corrected chi connectivity index (χ4v) is 1.63. The van der Waals surface area contributed by atoms with Crippen molar-refractivity contribution in [2.24, 2.45) is 0 Å². The van der Waals surface area contributed by atoms with Gasteiger partial charge < -0.3 is 10.6 Å². The molecule has 0 radical (unpaired) electrons. The zero-order valence-electron chi connectivity index (χ0n) is 7.30. The molecule has 0 unspecified atom stereocenters. The number of nitrogens with zero attached hydrogens (tertiary/aromatic N) is 2. The van der Waals surface area contributed by atoms with Crippen molar-refractivity contribution in [2.45, 2.75) is 0 Å². The third-order valence-electron chi connectivity index (χ3n) is 1.37. The first-order chi connectivity index (χ1) is 6.67. The summed E-state index contributed by atoms with van der Waals surface area (Å²) in [6.07, 6.45) is 0. The van der Waals surface area contributed by atoms with Crippen LogP contribution in [0.15, 0.2) is 0 Å². The van der Waals surface area contributed by atoms with Gasteiger partial charge in [-0.05, 0) is 0 Å². The predicted molar refractivity (Wildman–Crippen MR) is 54.4 cm³/mol. The summed E-state index contributed by atoms with van der Waals surface area (Å²) in [5.74, 6) is -0.158. The number of thiazole rings is 1. The Labute approximate surface area is 89.7 Å². The van der Waals surface area contributed by atoms with E-state index >= 15 is 0 Å². The molecule has 0 saturated heterocycles. The second kappa shape index (κ2) is 4.79. The van der Waals surface area contributed by atoms with E-state index in [1.165, 1.54) is 0 Å². The molecule has 0 aliphatic heterocycles. The van der Waals surface area contributed by atoms with Gasteiger partial charge in [-0.2, -0.15) is 5.26 Å². The fraction of sp³-hybridized carbons (Fsp3) is 0.286. The fourth-order valence-electron chi connectivity index (χ4n) is 0.690. The lowest BCUT2D eigenvalue weighted by Gasteiger charge is -1.99. The summed E-state index contributed by atoms with van der Waals surface area (Å²) < 4.78 is 0. The maximum Gasteiger partial charge on any atom is 0.239 e. The Balaban J connectivity index is 2.61. The monoisotopic (exact) mass is 230 g/mol. The van der Waals surface area contributed by atoms with Crippen molar-refractivity contribution in [1.82, 2.24) is 10.3 Å². The maximum absolute atomic E-state index is 10.9. The number of carbonyl (C=O) groups is 1. The van der Waals surface area contributed by atoms with Gasteiger partial charge in [0.05, 0.1) is 6.54 Å². The third kappa shape index (κ3) is 2.58. The Bertz CT molecular complexity index is 384. The summed E-state index contributed by atoms with van der Waals surface area (Å²) in [6.45, 7) is 0.116. The Morgan fingerprint density at radius 1 is 1.79 bits per heavy atom. The minimum Gasteiger partial charge on any atom is -0.358 e. The average Bonchev–Trinajstić information content (AvgIpc) is 2.55. The number of hydrogen-bond acceptors (Lipinski definition) is 5. The van der Waals surface area contributed by atoms with Crippen molar-refractivity contribution in [3.05, 3.63) is 10.0 Å². The van der Waals surface area contributed by atoms with E-state index in [4.69, 9.17) is 16.9 Å². The number of anilines is 1. The van der Waals surface area contributed by atoms with E-state index in [1.807, 2.05) is 6.07 Å². The number of halogens is 1. The van der Waals surface area contributed by atoms with Crippen molar-refractivity contribution in [2.75, 3.05) is 18.9 Å². The van der Waals surface area contributed by atoms with E-state index < -0.39 is 0 Å². The van der Waals surface area contributed by atoms with Gasteiger partial charge in [-0.25, -0.2) is 4.98 Å². The molecule has 74 valence electrons. The molecular formula is C7H7ClN4OS. The topological polar surface area (TPSA) is 77.8 Å². The standard InChI is InChI=1S/C7H7ClN4OS/c1-10-5(13)3-11-7-12-6(8)4(2-9)14-7/h3H2,1H3,(H,10,13)(H,11,12). The smallest absolute Gasteiger partial charge is 0.239 e. The Morgan fingerprint density at radius 2 is 2.50 bits per heavy atom. The van der Waals surface area contributed by atoms with Crippen LogP contribution in [0.4, 0.5) is 5.13 Å². The minimum absolute atomic E-state index is 0.116. The molecule has 0 aliphatic carbocycles. The van der Waals surface area contributed by atoms with Crippen molar-refractivity contribution < 1.29 is 4.79 Å². The van der Waals surface area contributed by atoms with Crippen molar-refractivity contribution >= 4 is 34.0 Å². The zero-order valence-corrected chi connectivity index (χ0v) is 8.87. The molecule has 5 nitrogen and oxygen atoms in total. The molecule has 0 aliphatic rings. The molecule has 2 N–H and O–H groups in total. The molecule has 14 heavy (non-hydrogen) atoms. The second-order valence-electron chi connectivity index (χ2n) is 2.28. The number of nitrogens with one attached hydrogen (secondary N) is 2. The van der Waals surface area contributed by atoms with Crippen LogP contribution in [0, 0.1) is 11.3 Å². The van der Waals surface area contributed by atoms with Gasteiger partial charge in [0, 0.05) is 7.05 Å². The van der Waals surface area contributed by atoms with Crippen LogP contribution in [0.1, 0.15) is 4.88 Å². The van der Waals surface area contributed by atoms with Gasteiger partial charge in [0.2, 0.25) is 5.91 Å². The Hall–Kier alpha value is -1.32. The third-order valence-corrected chi connectivity index (χ3v) is 2.67. The van der Waals surface area contributed by atoms with Crippen LogP contribution in [0.3, 0.4) is 0 Å². The van der Waals surface area contributed by atoms with E-state index in [0.29, 0.717) is 10.0 Å². The van der Waals surface area contributed by atoms with Crippen LogP contribution >= 0.6 is 22.9 Å². The van der Waals surface area contributed by atoms with Crippen LogP contribution in [-0.2, 0) is 4.79 Å². The first kappa shape index (κ1) is 10.8. The zero-order chi connectivity index (χ0) is 10.6. The molecule has 0 spiro atoms. The number of carbonyl (C=O) groups excluding carboxylic acids is 1. The van der Waals surface area contributed by atoms with E-state index in [0.717, 1.165) is 11.3 Å². The summed E-state index contributed by atoms with van der Waals surface area (Å²) >= 11 is 6.75. The summed E-state index contributed by atoms with van der Waals surface area (Å²) in [7, 11) is 1.54. The lowest BCUT2D eigenvalue weighted by atomic mass is 10.6. The van der Waals surface area contributed by atoms with Crippen LogP contribution < -0.4 is 10.6 Å². The molecule has 0 bridgehead atoms. The summed E-state index contributed by atoms with van der Waals surface area (Å²) in [6, 6.07) is 1.90. The molecule has 1 aromatic heterocycles. The first-order valence-corrected chi connectivity index (χ1v) is 4.87. The van der Waals surface area contributed by atoms with E-state index in [1.54, 1.807) is 7.05 Å². The molecule has 1 amide bonds. The molecule has 0 saturated carbocycles. The van der Waals surface area contributed by atoms with Gasteiger partial charge in [0.1, 0.15) is 10.9 Å². The number of aromatic nitrogens is 1. The number of nitriles is 1. The van der Waals surface area contributed by atoms with Gasteiger partial charge in [-0.15, -0.1) is 0 Å². The van der Waals surface area contributed by atoms with Crippen LogP contribution in [-0.4, -0.2) is 24.5 Å². The van der Waals surface area contributed by atoms with Crippen molar-refractivity contribution in [3.8, 4) is 6.07 Å². The van der Waals surface area contributed by atoms with Gasteiger partial charge in [-0.3, -0.25) is 4.79 Å². The molecule has 1 rings (SSSR count). The number of likely N-dealkylation sites (N-methyl/N-ethyl adjacent to an activating group) is 1. The number of amides is 1. The van der Waals surface area contributed by atoms with Gasteiger partial charge in [-0.1, -0.05) is 22.9 Å². The Kier molecular flexibility index (Phi) is 3.68. The summed E-state index contributed by atoms with van der Waals surface area (Å²) in [5, 5.41) is 14.4. The molecule has 0 atom stereocenters. The molecule has 0 fully saturated rings. The highest BCUT2D eigenvalue weighted by atomic mass is 35.5. The maximum atomic E-state index is 10.9. The van der Waals surface area contributed by atoms with Gasteiger partial charge >= 0.3 is 0 Å². The second-order valence-corrected chi connectivity index (χ2v) is 3.63. The van der Waals surface area contributed by atoms with Crippen LogP contribution in [0.5, 0.6) is 0 Å². The first-order valence-electron chi connectivity index (χ1n) is 3.68. The van der Waals surface area contributed by atoms with E-state index in [2.05, 4.69) is 15.6 Å². The average molecular weight is 231 g/mol. The van der Waals surface area contributed by atoms with Gasteiger partial charge in [0.25, 0.3) is 0 Å². The highest BCUT2D eigenvalue weighted by Crippen LogP contribution is 2.25. The highest BCUT2D eigenvalue weighted by Gasteiger charge is 2.08. The van der Waals surface area contributed by atoms with Crippen LogP contribution in [0.2, 0.25) is 5.15 Å². The SMILES string of the molecule is CNC(=O)CNc1nc(Cl)c(C#N)s1. The summed E-state index contributed by atoms with van der Waals surface area (Å²) in [4.78, 5) is 15.0. The molecule has 1 aromatic rings. The van der Waals surface area contributed by atoms with Crippen LogP contribution in [0.25, 0.3) is 0 Å². The normalized spacial score (nSPS) is 9.21. The molecule has 1 heterocycles. The molecule has 0 aromatic carbocycles. The molecule has 7 heteroatoms. The predicted octanol–water partition coefficient (Wildman–Crippen LogP) is 0.826. The quantitative estimate of drug-likeness (QED) is 0.806. The lowest BCUT2D eigenvalue weighted by Crippen LogP contribution is -2.26. The largest absolute Gasteiger partial charge is 0.358 e. The van der Waals surface area contributed by atoms with Crippen molar-refractivity contribution in [3.63, 3.8) is 0 Å². The summed E-state index contributed by atoms with van der Waals surface area (Å²) in [5.41, 5.74) is 0.